The number of hydrogen-bond donors (Lipinski definition) is 0. The van der Waals surface area contributed by atoms with Gasteiger partial charge in [0.2, 0.25) is 0 Å². The number of hydrogen-bond acceptors (Lipinski definition) is 3. The van der Waals surface area contributed by atoms with Crippen molar-refractivity contribution in [3.05, 3.63) is 6.33 Å². The predicted octanol–water partition coefficient (Wildman–Crippen LogP) is 2.47. The minimum absolute atomic E-state index is 1.01. The quantitative estimate of drug-likeness (QED) is 0.449. The van der Waals surface area contributed by atoms with Crippen molar-refractivity contribution < 1.29 is 0 Å². The third kappa shape index (κ3) is 4.13. The van der Waals surface area contributed by atoms with Gasteiger partial charge in [-0.25, -0.2) is 9.67 Å². The van der Waals surface area contributed by atoms with E-state index in [1.165, 1.54) is 19.3 Å². The Bertz CT molecular complexity index is 239. The van der Waals surface area contributed by atoms with Crippen LogP contribution in [0.5, 0.6) is 0 Å². The maximum Gasteiger partial charge on any atom is 0.185 e. The van der Waals surface area contributed by atoms with Crippen molar-refractivity contribution in [2.45, 2.75) is 24.4 Å². The van der Waals surface area contributed by atoms with Crippen LogP contribution in [0.15, 0.2) is 11.5 Å². The second kappa shape index (κ2) is 6.43. The van der Waals surface area contributed by atoms with Crippen LogP contribution in [-0.4, -0.2) is 25.8 Å². The highest BCUT2D eigenvalue weighted by atomic mass is 79.9. The van der Waals surface area contributed by atoms with E-state index in [-0.39, 0.29) is 0 Å². The van der Waals surface area contributed by atoms with Crippen molar-refractivity contribution in [2.24, 2.45) is 7.05 Å². The van der Waals surface area contributed by atoms with Crippen LogP contribution < -0.4 is 0 Å². The van der Waals surface area contributed by atoms with Gasteiger partial charge in [-0.3, -0.25) is 0 Å². The lowest BCUT2D eigenvalue weighted by Crippen LogP contribution is -1.93. The molecule has 1 aromatic heterocycles. The molecule has 0 N–H and O–H groups in total. The zero-order valence-electron chi connectivity index (χ0n) is 7.74. The van der Waals surface area contributed by atoms with Gasteiger partial charge in [-0.05, 0) is 12.8 Å². The van der Waals surface area contributed by atoms with Gasteiger partial charge in [0.25, 0.3) is 0 Å². The van der Waals surface area contributed by atoms with Gasteiger partial charge in [-0.2, -0.15) is 5.10 Å². The first kappa shape index (κ1) is 11.0. The number of halogens is 1. The fourth-order valence-corrected chi connectivity index (χ4v) is 2.24. The average molecular weight is 264 g/mol. The Morgan fingerprint density at radius 3 is 2.92 bits per heavy atom. The van der Waals surface area contributed by atoms with Crippen LogP contribution >= 0.6 is 27.7 Å². The first-order valence-electron chi connectivity index (χ1n) is 4.37. The molecule has 0 fully saturated rings. The number of alkyl halides is 1. The molecule has 0 atom stereocenters. The van der Waals surface area contributed by atoms with E-state index in [9.17, 15) is 0 Å². The summed E-state index contributed by atoms with van der Waals surface area (Å²) in [7, 11) is 1.92. The number of thioether (sulfide) groups is 1. The molecule has 0 radical (unpaired) electrons. The number of rotatable bonds is 6. The summed E-state index contributed by atoms with van der Waals surface area (Å²) in [5.74, 6) is 1.14. The van der Waals surface area contributed by atoms with E-state index >= 15 is 0 Å². The molecule has 0 saturated carbocycles. The van der Waals surface area contributed by atoms with Gasteiger partial charge < -0.3 is 0 Å². The molecule has 0 aliphatic carbocycles. The summed E-state index contributed by atoms with van der Waals surface area (Å²) >= 11 is 5.20. The Morgan fingerprint density at radius 1 is 1.46 bits per heavy atom. The molecule has 0 aliphatic rings. The number of aromatic nitrogens is 3. The van der Waals surface area contributed by atoms with Crippen molar-refractivity contribution in [3.63, 3.8) is 0 Å². The summed E-state index contributed by atoms with van der Waals surface area (Å²) in [6.45, 7) is 0. The highest BCUT2D eigenvalue weighted by Crippen LogP contribution is 2.15. The van der Waals surface area contributed by atoms with Crippen molar-refractivity contribution in [2.75, 3.05) is 11.1 Å². The molecule has 3 nitrogen and oxygen atoms in total. The first-order chi connectivity index (χ1) is 6.34. The fraction of sp³-hybridized carbons (Fsp3) is 0.750. The predicted molar refractivity (Wildman–Crippen MR) is 59.4 cm³/mol. The van der Waals surface area contributed by atoms with Crippen LogP contribution in [0.3, 0.4) is 0 Å². The maximum atomic E-state index is 4.14. The standard InChI is InChI=1S/C8H14BrN3S/c1-12-8(10-7-11-12)13-6-4-2-3-5-9/h7H,2-6H2,1H3. The lowest BCUT2D eigenvalue weighted by molar-refractivity contribution is 0.683. The van der Waals surface area contributed by atoms with Gasteiger partial charge in [0, 0.05) is 18.1 Å². The summed E-state index contributed by atoms with van der Waals surface area (Å²) in [5.41, 5.74) is 0. The summed E-state index contributed by atoms with van der Waals surface area (Å²) in [6, 6.07) is 0. The molecule has 0 amide bonds. The van der Waals surface area contributed by atoms with Crippen LogP contribution in [0.2, 0.25) is 0 Å². The highest BCUT2D eigenvalue weighted by molar-refractivity contribution is 9.09. The zero-order valence-corrected chi connectivity index (χ0v) is 10.1. The lowest BCUT2D eigenvalue weighted by atomic mass is 10.3. The Labute approximate surface area is 91.4 Å². The average Bonchev–Trinajstić information content (AvgIpc) is 2.52. The van der Waals surface area contributed by atoms with Crippen molar-refractivity contribution in [3.8, 4) is 0 Å². The Balaban J connectivity index is 2.10. The third-order valence-electron chi connectivity index (χ3n) is 1.68. The molecular weight excluding hydrogens is 250 g/mol. The van der Waals surface area contributed by atoms with E-state index in [0.29, 0.717) is 0 Å². The van der Waals surface area contributed by atoms with Crippen LogP contribution in [-0.2, 0) is 7.05 Å². The van der Waals surface area contributed by atoms with Gasteiger partial charge in [0.05, 0.1) is 0 Å². The normalized spacial score (nSPS) is 10.6. The number of aryl methyl sites for hydroxylation is 1. The molecule has 0 saturated heterocycles. The second-order valence-electron chi connectivity index (χ2n) is 2.76. The molecule has 1 rings (SSSR count). The molecule has 0 bridgehead atoms. The molecule has 5 heteroatoms. The monoisotopic (exact) mass is 263 g/mol. The maximum absolute atomic E-state index is 4.14. The SMILES string of the molecule is Cn1ncnc1SCCCCCBr. The topological polar surface area (TPSA) is 30.7 Å². The number of unbranched alkanes of at least 4 members (excludes halogenated alkanes) is 2. The highest BCUT2D eigenvalue weighted by Gasteiger charge is 1.99. The van der Waals surface area contributed by atoms with Gasteiger partial charge >= 0.3 is 0 Å². The molecule has 0 aliphatic heterocycles. The molecule has 74 valence electrons. The molecule has 1 aromatic rings. The minimum atomic E-state index is 1.01. The van der Waals surface area contributed by atoms with Crippen molar-refractivity contribution in [1.29, 1.82) is 0 Å². The Morgan fingerprint density at radius 2 is 2.31 bits per heavy atom. The zero-order chi connectivity index (χ0) is 9.52. The molecule has 1 heterocycles. The van der Waals surface area contributed by atoms with Gasteiger partial charge in [0.1, 0.15) is 6.33 Å². The fourth-order valence-electron chi connectivity index (χ4n) is 0.953. The Hall–Kier alpha value is -0.0300. The molecule has 0 aromatic carbocycles. The third-order valence-corrected chi connectivity index (χ3v) is 3.36. The molecular formula is C8H14BrN3S. The first-order valence-corrected chi connectivity index (χ1v) is 6.48. The van der Waals surface area contributed by atoms with Gasteiger partial charge in [-0.15, -0.1) is 0 Å². The van der Waals surface area contributed by atoms with Crippen molar-refractivity contribution in [1.82, 2.24) is 14.8 Å². The Kier molecular flexibility index (Phi) is 5.46. The minimum Gasteiger partial charge on any atom is -0.244 e. The largest absolute Gasteiger partial charge is 0.244 e. The van der Waals surface area contributed by atoms with E-state index < -0.39 is 0 Å². The van der Waals surface area contributed by atoms with E-state index in [2.05, 4.69) is 26.0 Å². The van der Waals surface area contributed by atoms with E-state index in [1.54, 1.807) is 18.1 Å². The van der Waals surface area contributed by atoms with Gasteiger partial charge in [0.15, 0.2) is 5.16 Å². The van der Waals surface area contributed by atoms with Crippen LogP contribution in [0.25, 0.3) is 0 Å². The number of nitrogens with zero attached hydrogens (tertiary/aromatic N) is 3. The summed E-state index contributed by atoms with van der Waals surface area (Å²) in [4.78, 5) is 4.14. The molecule has 13 heavy (non-hydrogen) atoms. The summed E-state index contributed by atoms with van der Waals surface area (Å²) in [5, 5.41) is 6.13. The van der Waals surface area contributed by atoms with Gasteiger partial charge in [-0.1, -0.05) is 34.1 Å². The summed E-state index contributed by atoms with van der Waals surface area (Å²) < 4.78 is 1.81. The van der Waals surface area contributed by atoms with E-state index in [4.69, 9.17) is 0 Å². The molecule has 0 unspecified atom stereocenters. The summed E-state index contributed by atoms with van der Waals surface area (Å²) in [6.07, 6.45) is 5.40. The van der Waals surface area contributed by atoms with Crippen LogP contribution in [0.1, 0.15) is 19.3 Å². The van der Waals surface area contributed by atoms with Crippen LogP contribution in [0, 0.1) is 0 Å². The lowest BCUT2D eigenvalue weighted by Gasteiger charge is -1.99. The molecule has 0 spiro atoms. The van der Waals surface area contributed by atoms with Crippen LogP contribution in [0.4, 0.5) is 0 Å². The second-order valence-corrected chi connectivity index (χ2v) is 4.62. The smallest absolute Gasteiger partial charge is 0.185 e. The van der Waals surface area contributed by atoms with Crippen molar-refractivity contribution >= 4 is 27.7 Å². The van der Waals surface area contributed by atoms with E-state index in [1.807, 2.05) is 11.7 Å². The van der Waals surface area contributed by atoms with E-state index in [0.717, 1.165) is 16.2 Å².